The van der Waals surface area contributed by atoms with E-state index in [-0.39, 0.29) is 17.8 Å². The minimum absolute atomic E-state index is 0.0461. The van der Waals surface area contributed by atoms with Crippen molar-refractivity contribution in [2.45, 2.75) is 38.0 Å². The average Bonchev–Trinajstić information content (AvgIpc) is 3.18. The first-order chi connectivity index (χ1) is 14.3. The Balaban J connectivity index is 1.44. The van der Waals surface area contributed by atoms with E-state index in [1.165, 1.54) is 10.8 Å². The second kappa shape index (κ2) is 6.35. The number of aromatic hydroxyl groups is 1. The predicted molar refractivity (Wildman–Crippen MR) is 96.3 cm³/mol. The third kappa shape index (κ3) is 2.55. The van der Waals surface area contributed by atoms with E-state index >= 15 is 0 Å². The predicted octanol–water partition coefficient (Wildman–Crippen LogP) is 1.52. The molecule has 10 heteroatoms. The van der Waals surface area contributed by atoms with Gasteiger partial charge in [-0.1, -0.05) is 0 Å². The molecular weight excluding hydrogens is 403 g/mol. The molecule has 156 valence electrons. The van der Waals surface area contributed by atoms with Crippen molar-refractivity contribution in [1.29, 1.82) is 0 Å². The molecule has 4 heterocycles. The molecule has 1 atom stereocenters. The molecule has 2 amide bonds. The lowest BCUT2D eigenvalue weighted by molar-refractivity contribution is 0.0632. The molecule has 1 saturated carbocycles. The molecule has 1 aliphatic carbocycles. The number of rotatable bonds is 3. The van der Waals surface area contributed by atoms with Crippen LogP contribution in [0.15, 0.2) is 23.1 Å². The van der Waals surface area contributed by atoms with Gasteiger partial charge in [0, 0.05) is 43.0 Å². The molecule has 3 fully saturated rings. The maximum atomic E-state index is 13.8. The highest BCUT2D eigenvalue weighted by molar-refractivity contribution is 5.99. The van der Waals surface area contributed by atoms with Gasteiger partial charge in [0.25, 0.3) is 11.8 Å². The Hall–Kier alpha value is -3.30. The van der Waals surface area contributed by atoms with Gasteiger partial charge >= 0.3 is 0 Å². The molecule has 6 rings (SSSR count). The zero-order valence-corrected chi connectivity index (χ0v) is 15.5. The normalized spacial score (nSPS) is 23.6. The van der Waals surface area contributed by atoms with Gasteiger partial charge in [-0.25, -0.2) is 13.2 Å². The minimum atomic E-state index is -1.18. The van der Waals surface area contributed by atoms with Gasteiger partial charge in [0.2, 0.25) is 5.43 Å². The Kier molecular flexibility index (Phi) is 3.96. The number of amides is 2. The molecule has 0 spiro atoms. The van der Waals surface area contributed by atoms with Gasteiger partial charge in [-0.3, -0.25) is 14.4 Å². The van der Waals surface area contributed by atoms with Crippen molar-refractivity contribution in [3.05, 3.63) is 62.8 Å². The van der Waals surface area contributed by atoms with Crippen LogP contribution in [0, 0.1) is 23.4 Å². The number of fused-ring (bicyclic) bond motifs is 1. The van der Waals surface area contributed by atoms with E-state index in [1.54, 1.807) is 4.90 Å². The number of carbonyl (C=O) groups excluding carboxylic acids is 2. The Morgan fingerprint density at radius 3 is 2.50 bits per heavy atom. The highest BCUT2D eigenvalue weighted by Gasteiger charge is 2.55. The van der Waals surface area contributed by atoms with Gasteiger partial charge in [0.05, 0.1) is 6.04 Å². The summed E-state index contributed by atoms with van der Waals surface area (Å²) in [6, 6.07) is 1.04. The average molecular weight is 419 g/mol. The summed E-state index contributed by atoms with van der Waals surface area (Å²) in [4.78, 5) is 39.5. The molecule has 0 radical (unpaired) electrons. The van der Waals surface area contributed by atoms with Crippen molar-refractivity contribution in [2.75, 3.05) is 0 Å². The van der Waals surface area contributed by atoms with Crippen LogP contribution in [0.2, 0.25) is 0 Å². The molecule has 2 N–H and O–H groups in total. The van der Waals surface area contributed by atoms with E-state index in [0.29, 0.717) is 24.6 Å². The van der Waals surface area contributed by atoms with Crippen LogP contribution in [0.1, 0.15) is 39.3 Å². The van der Waals surface area contributed by atoms with E-state index < -0.39 is 58.1 Å². The number of hydrogen-bond acceptors (Lipinski definition) is 4. The first kappa shape index (κ1) is 18.7. The Morgan fingerprint density at radius 1 is 1.17 bits per heavy atom. The number of nitrogens with zero attached hydrogens (tertiary/aromatic N) is 2. The third-order valence-electron chi connectivity index (χ3n) is 6.30. The lowest BCUT2D eigenvalue weighted by Gasteiger charge is -2.33. The number of pyridine rings is 1. The quantitative estimate of drug-likeness (QED) is 0.789. The molecule has 30 heavy (non-hydrogen) atoms. The summed E-state index contributed by atoms with van der Waals surface area (Å²) in [7, 11) is 0. The summed E-state index contributed by atoms with van der Waals surface area (Å²) in [5, 5.41) is 12.5. The first-order valence-electron chi connectivity index (χ1n) is 9.47. The van der Waals surface area contributed by atoms with E-state index in [1.807, 2.05) is 0 Å². The molecule has 2 aromatic rings. The summed E-state index contributed by atoms with van der Waals surface area (Å²) in [5.41, 5.74) is -2.22. The van der Waals surface area contributed by atoms with E-state index in [9.17, 15) is 32.7 Å². The van der Waals surface area contributed by atoms with Crippen LogP contribution in [0.4, 0.5) is 13.2 Å². The van der Waals surface area contributed by atoms with Crippen LogP contribution in [0.25, 0.3) is 0 Å². The third-order valence-corrected chi connectivity index (χ3v) is 6.30. The second-order valence-corrected chi connectivity index (χ2v) is 7.92. The molecule has 2 bridgehead atoms. The molecule has 2 saturated heterocycles. The number of halogens is 3. The molecule has 3 aliphatic heterocycles. The standard InChI is InChI=1S/C20H16F3N3O4/c21-9-3-13(22)11(14(23)4-9)5-24-19(29)12-6-25-7-15-8-1-10(2-8)26(15)20(30)16(25)18(28)17(12)27/h3-4,6,8,10,15,28H,1-2,5,7H2,(H,24,29)/t8-,10+,15-/m1/s1. The largest absolute Gasteiger partial charge is 0.503 e. The zero-order valence-electron chi connectivity index (χ0n) is 15.5. The first-order valence-corrected chi connectivity index (χ1v) is 9.47. The summed E-state index contributed by atoms with van der Waals surface area (Å²) >= 11 is 0. The van der Waals surface area contributed by atoms with Gasteiger partial charge in [-0.15, -0.1) is 0 Å². The lowest BCUT2D eigenvalue weighted by Crippen LogP contribution is -2.46. The fraction of sp³-hybridized carbons (Fsp3) is 0.350. The molecule has 0 unspecified atom stereocenters. The maximum absolute atomic E-state index is 13.8. The van der Waals surface area contributed by atoms with E-state index in [4.69, 9.17) is 0 Å². The number of aromatic nitrogens is 1. The highest BCUT2D eigenvalue weighted by atomic mass is 19.1. The van der Waals surface area contributed by atoms with Gasteiger partial charge in [0.15, 0.2) is 11.4 Å². The van der Waals surface area contributed by atoms with Crippen LogP contribution in [-0.2, 0) is 13.1 Å². The summed E-state index contributed by atoms with van der Waals surface area (Å²) in [6.07, 6.45) is 2.96. The summed E-state index contributed by atoms with van der Waals surface area (Å²) < 4.78 is 41.9. The van der Waals surface area contributed by atoms with Crippen LogP contribution >= 0.6 is 0 Å². The van der Waals surface area contributed by atoms with Gasteiger partial charge in [-0.2, -0.15) is 0 Å². The fourth-order valence-electron chi connectivity index (χ4n) is 4.73. The topological polar surface area (TPSA) is 91.6 Å². The van der Waals surface area contributed by atoms with Crippen molar-refractivity contribution in [1.82, 2.24) is 14.8 Å². The van der Waals surface area contributed by atoms with Crippen LogP contribution in [-0.4, -0.2) is 38.5 Å². The lowest BCUT2D eigenvalue weighted by atomic mass is 9.83. The SMILES string of the molecule is O=C(NCc1c(F)cc(F)cc1F)c1cn2c(c(O)c1=O)C(=O)N1[C@H]3C[C@H](C3)[C@H]1C2. The molecule has 1 aromatic carbocycles. The van der Waals surface area contributed by atoms with Crippen molar-refractivity contribution in [3.8, 4) is 5.75 Å². The van der Waals surface area contributed by atoms with Crippen LogP contribution in [0.5, 0.6) is 5.75 Å². The van der Waals surface area contributed by atoms with Crippen LogP contribution in [0.3, 0.4) is 0 Å². The van der Waals surface area contributed by atoms with E-state index in [0.717, 1.165) is 12.8 Å². The van der Waals surface area contributed by atoms with Gasteiger partial charge in [0.1, 0.15) is 23.0 Å². The summed E-state index contributed by atoms with van der Waals surface area (Å²) in [5.74, 6) is -5.33. The maximum Gasteiger partial charge on any atom is 0.275 e. The number of benzene rings is 1. The van der Waals surface area contributed by atoms with Crippen molar-refractivity contribution >= 4 is 11.8 Å². The molecular formula is C20H16F3N3O4. The van der Waals surface area contributed by atoms with Gasteiger partial charge < -0.3 is 19.9 Å². The van der Waals surface area contributed by atoms with Crippen molar-refractivity contribution in [2.24, 2.45) is 5.92 Å². The number of carbonyl (C=O) groups is 2. The van der Waals surface area contributed by atoms with Crippen molar-refractivity contribution in [3.63, 3.8) is 0 Å². The minimum Gasteiger partial charge on any atom is -0.503 e. The summed E-state index contributed by atoms with van der Waals surface area (Å²) in [6.45, 7) is -0.282. The monoisotopic (exact) mass is 419 g/mol. The second-order valence-electron chi connectivity index (χ2n) is 7.92. The Bertz CT molecular complexity index is 1150. The number of nitrogens with one attached hydrogen (secondary N) is 1. The van der Waals surface area contributed by atoms with Gasteiger partial charge in [-0.05, 0) is 18.8 Å². The number of hydrogen-bond donors (Lipinski definition) is 2. The fourth-order valence-corrected chi connectivity index (χ4v) is 4.73. The highest BCUT2D eigenvalue weighted by Crippen LogP contribution is 2.49. The van der Waals surface area contributed by atoms with E-state index in [2.05, 4.69) is 5.32 Å². The molecule has 1 aromatic heterocycles. The Labute approximate surface area is 167 Å². The van der Waals surface area contributed by atoms with Crippen molar-refractivity contribution < 1.29 is 27.9 Å². The molecule has 7 nitrogen and oxygen atoms in total. The van der Waals surface area contributed by atoms with Crippen LogP contribution < -0.4 is 10.7 Å². The molecule has 4 aliphatic rings. The smallest absolute Gasteiger partial charge is 0.275 e. The zero-order chi connectivity index (χ0) is 21.3. The Morgan fingerprint density at radius 2 is 1.83 bits per heavy atom.